The Kier molecular flexibility index (Phi) is 2.40. The summed E-state index contributed by atoms with van der Waals surface area (Å²) >= 11 is 2.04. The third-order valence-electron chi connectivity index (χ3n) is 0.0645. The predicted octanol–water partition coefficient (Wildman–Crippen LogP) is -0.634. The molecule has 0 fully saturated rings. The van der Waals surface area contributed by atoms with Gasteiger partial charge in [0.1, 0.15) is 0 Å². The molecule has 0 unspecified atom stereocenters. The molecule has 4 heavy (non-hydrogen) atoms. The Labute approximate surface area is 30.0 Å². The highest BCUT2D eigenvalue weighted by Gasteiger charge is 1.37. The van der Waals surface area contributed by atoms with Crippen LogP contribution in [0.25, 0.3) is 0 Å². The van der Waals surface area contributed by atoms with E-state index in [-0.39, 0.29) is 0 Å². The maximum absolute atomic E-state index is 7.49. The first-order valence-electron chi connectivity index (χ1n) is 0.762. The molecule has 1 N–H and O–H groups in total. The Balaban J connectivity index is 2.43. The van der Waals surface area contributed by atoms with Crippen molar-refractivity contribution < 1.29 is 0 Å². The molecule has 0 aromatic heterocycles. The van der Waals surface area contributed by atoms with Crippen molar-refractivity contribution in [3.8, 4) is 6.19 Å². The van der Waals surface area contributed by atoms with Crippen molar-refractivity contribution in [2.45, 2.75) is 0 Å². The molecule has 0 aromatic carbocycles. The Hall–Kier alpha value is -0.360. The topological polar surface area (TPSA) is 35.8 Å². The largest absolute Gasteiger partial charge is 0.293 e. The van der Waals surface area contributed by atoms with E-state index >= 15 is 0 Å². The van der Waals surface area contributed by atoms with E-state index in [9.17, 15) is 0 Å². The normalized spacial score (nSPS) is 5.25. The Morgan fingerprint density at radius 3 is 2.25 bits per heavy atom. The average molecular weight is 76.1 g/mol. The number of rotatable bonds is 0. The van der Waals surface area contributed by atoms with Crippen LogP contribution in [-0.2, 0) is 0 Å². The lowest BCUT2D eigenvalue weighted by molar-refractivity contribution is 1.37. The van der Waals surface area contributed by atoms with Crippen molar-refractivity contribution in [3.05, 3.63) is 0 Å². The van der Waals surface area contributed by atoms with E-state index in [0.29, 0.717) is 0 Å². The van der Waals surface area contributed by atoms with Crippen LogP contribution in [0.5, 0.6) is 0 Å². The molecule has 0 radical (unpaired) electrons. The third kappa shape index (κ3) is 1.64. The van der Waals surface area contributed by atoms with E-state index in [0.717, 1.165) is 0 Å². The molecule has 0 aliphatic heterocycles. The molecule has 0 spiro atoms. The molecule has 24 valence electrons. The van der Waals surface area contributed by atoms with Gasteiger partial charge in [-0.2, -0.15) is 18.1 Å². The summed E-state index contributed by atoms with van der Waals surface area (Å²) in [4.78, 5) is 0. The summed E-state index contributed by atoms with van der Waals surface area (Å²) in [6.45, 7) is 0. The standard InChI is InChI=1S/CH4N2S/c2-1-3-4/h3H,4H3. The van der Waals surface area contributed by atoms with Crippen LogP contribution in [-0.4, -0.2) is 0 Å². The summed E-state index contributed by atoms with van der Waals surface area (Å²) in [5.74, 6) is 0. The SMILES string of the molecule is N#CN[SH3]. The van der Waals surface area contributed by atoms with Gasteiger partial charge in [0.2, 0.25) is 0 Å². The molecule has 3 heteroatoms. The van der Waals surface area contributed by atoms with Gasteiger partial charge in [0.25, 0.3) is 0 Å². The smallest absolute Gasteiger partial charge is 0.185 e. The van der Waals surface area contributed by atoms with Crippen LogP contribution in [0.3, 0.4) is 0 Å². The molecule has 0 atom stereocenters. The molecule has 0 rings (SSSR count). The average Bonchev–Trinajstić information content (AvgIpc) is 1.37. The van der Waals surface area contributed by atoms with Crippen molar-refractivity contribution in [2.24, 2.45) is 0 Å². The van der Waals surface area contributed by atoms with Crippen LogP contribution in [0.1, 0.15) is 0 Å². The maximum Gasteiger partial charge on any atom is 0.185 e. The lowest BCUT2D eigenvalue weighted by Crippen LogP contribution is -1.76. The highest BCUT2D eigenvalue weighted by molar-refractivity contribution is 7.78. The third-order valence-corrected chi connectivity index (χ3v) is 0.194. The summed E-state index contributed by atoms with van der Waals surface area (Å²) in [6, 6.07) is 0. The van der Waals surface area contributed by atoms with Crippen LogP contribution < -0.4 is 4.72 Å². The van der Waals surface area contributed by atoms with Gasteiger partial charge < -0.3 is 0 Å². The molecular weight excluding hydrogens is 72.1 g/mol. The fourth-order valence-corrected chi connectivity index (χ4v) is 0. The van der Waals surface area contributed by atoms with Crippen molar-refractivity contribution in [1.29, 1.82) is 5.26 Å². The minimum atomic E-state index is 1.64. The summed E-state index contributed by atoms with van der Waals surface area (Å²) in [5, 5.41) is 7.49. The fourth-order valence-electron chi connectivity index (χ4n) is 0. The van der Waals surface area contributed by atoms with E-state index in [1.165, 1.54) is 0 Å². The molecule has 0 saturated carbocycles. The Bertz CT molecular complexity index is 35.8. The van der Waals surface area contributed by atoms with Gasteiger partial charge in [0.15, 0.2) is 6.19 Å². The Morgan fingerprint density at radius 2 is 2.25 bits per heavy atom. The first-order chi connectivity index (χ1) is 1.91. The summed E-state index contributed by atoms with van der Waals surface area (Å²) in [5.41, 5.74) is 0. The van der Waals surface area contributed by atoms with Gasteiger partial charge in [-0.15, -0.1) is 0 Å². The Morgan fingerprint density at radius 1 is 2.00 bits per heavy atom. The summed E-state index contributed by atoms with van der Waals surface area (Å²) in [6.07, 6.45) is 1.64. The molecule has 0 aliphatic rings. The highest BCUT2D eigenvalue weighted by atomic mass is 32.1. The van der Waals surface area contributed by atoms with Crippen molar-refractivity contribution in [1.82, 2.24) is 4.72 Å². The predicted molar refractivity (Wildman–Crippen MR) is 20.5 cm³/mol. The lowest BCUT2D eigenvalue weighted by atomic mass is 11.5. The van der Waals surface area contributed by atoms with Crippen molar-refractivity contribution >= 4 is 12.8 Å². The summed E-state index contributed by atoms with van der Waals surface area (Å²) in [7, 11) is 0. The zero-order valence-corrected chi connectivity index (χ0v) is 3.18. The number of hydrogen-bond acceptors (Lipinski definition) is 2. The fraction of sp³-hybridized carbons (Fsp3) is 0. The van der Waals surface area contributed by atoms with E-state index in [4.69, 9.17) is 5.26 Å². The monoisotopic (exact) mass is 76.0 g/mol. The first kappa shape index (κ1) is 3.64. The zero-order valence-electron chi connectivity index (χ0n) is 2.02. The second-order valence-electron chi connectivity index (χ2n) is 0.256. The van der Waals surface area contributed by atoms with Crippen LogP contribution in [0.2, 0.25) is 0 Å². The maximum atomic E-state index is 7.49. The molecular formula is CH4N2S. The van der Waals surface area contributed by atoms with Crippen LogP contribution >= 0.6 is 12.8 Å². The van der Waals surface area contributed by atoms with Crippen LogP contribution in [0.15, 0.2) is 0 Å². The zero-order chi connectivity index (χ0) is 3.41. The molecule has 0 heterocycles. The quantitative estimate of drug-likeness (QED) is 0.308. The van der Waals surface area contributed by atoms with Gasteiger partial charge in [0, 0.05) is 0 Å². The van der Waals surface area contributed by atoms with Gasteiger partial charge in [-0.05, 0) is 0 Å². The van der Waals surface area contributed by atoms with E-state index < -0.39 is 0 Å². The highest BCUT2D eigenvalue weighted by Crippen LogP contribution is 1.42. The molecule has 0 aliphatic carbocycles. The van der Waals surface area contributed by atoms with Crippen molar-refractivity contribution in [2.75, 3.05) is 0 Å². The van der Waals surface area contributed by atoms with Gasteiger partial charge in [-0.3, -0.25) is 4.72 Å². The summed E-state index contributed by atoms with van der Waals surface area (Å²) < 4.78 is 2.15. The van der Waals surface area contributed by atoms with Crippen molar-refractivity contribution in [3.63, 3.8) is 0 Å². The number of nitriles is 1. The molecule has 0 saturated heterocycles. The number of nitrogens with zero attached hydrogens (tertiary/aromatic N) is 1. The van der Waals surface area contributed by atoms with Crippen LogP contribution in [0, 0.1) is 11.5 Å². The number of nitrogens with one attached hydrogen (secondary N) is 1. The van der Waals surface area contributed by atoms with Gasteiger partial charge in [-0.25, -0.2) is 0 Å². The van der Waals surface area contributed by atoms with Gasteiger partial charge in [-0.1, -0.05) is 0 Å². The van der Waals surface area contributed by atoms with Gasteiger partial charge in [0.05, 0.1) is 0 Å². The minimum Gasteiger partial charge on any atom is -0.293 e. The molecule has 2 nitrogen and oxygen atoms in total. The molecule has 0 aromatic rings. The molecule has 0 bridgehead atoms. The second kappa shape index (κ2) is 2.64. The second-order valence-corrected chi connectivity index (χ2v) is 0.545. The molecule has 0 amide bonds. The van der Waals surface area contributed by atoms with Gasteiger partial charge >= 0.3 is 0 Å². The minimum absolute atomic E-state index is 1.64. The van der Waals surface area contributed by atoms with Crippen LogP contribution in [0.4, 0.5) is 0 Å². The first-order valence-corrected chi connectivity index (χ1v) is 1.34. The van der Waals surface area contributed by atoms with E-state index in [1.54, 1.807) is 6.19 Å². The lowest BCUT2D eigenvalue weighted by Gasteiger charge is -1.62. The van der Waals surface area contributed by atoms with E-state index in [1.807, 2.05) is 12.8 Å². The van der Waals surface area contributed by atoms with E-state index in [2.05, 4.69) is 4.72 Å². The number of hydrogen-bond donors (Lipinski definition) is 1.